The standard InChI is InChI=1S/C8H11BrN4O2/c9-5-3-12-4-6(10)7(5)13-1-2-15-8(11)14/h3-4H,1-2,10H2,(H2,11,14)(H,12,13). The summed E-state index contributed by atoms with van der Waals surface area (Å²) < 4.78 is 5.30. The number of nitrogens with two attached hydrogens (primary N) is 2. The van der Waals surface area contributed by atoms with E-state index >= 15 is 0 Å². The number of hydrogen-bond donors (Lipinski definition) is 3. The van der Waals surface area contributed by atoms with Crippen LogP contribution in [0.3, 0.4) is 0 Å². The van der Waals surface area contributed by atoms with Crippen molar-refractivity contribution in [2.45, 2.75) is 0 Å². The Bertz CT molecular complexity index is 338. The fourth-order valence-electron chi connectivity index (χ4n) is 0.964. The van der Waals surface area contributed by atoms with Gasteiger partial charge in [0.25, 0.3) is 0 Å². The van der Waals surface area contributed by atoms with E-state index in [0.717, 1.165) is 10.2 Å². The highest BCUT2D eigenvalue weighted by Crippen LogP contribution is 2.26. The van der Waals surface area contributed by atoms with E-state index in [2.05, 4.69) is 31.0 Å². The lowest BCUT2D eigenvalue weighted by Gasteiger charge is -2.10. The van der Waals surface area contributed by atoms with Gasteiger partial charge < -0.3 is 21.5 Å². The topological polar surface area (TPSA) is 103 Å². The average Bonchev–Trinajstić information content (AvgIpc) is 2.15. The van der Waals surface area contributed by atoms with Crippen molar-refractivity contribution in [3.63, 3.8) is 0 Å². The van der Waals surface area contributed by atoms with Crippen molar-refractivity contribution >= 4 is 33.4 Å². The fourth-order valence-corrected chi connectivity index (χ4v) is 1.45. The third-order valence-electron chi connectivity index (χ3n) is 1.58. The number of rotatable bonds is 4. The molecule has 1 heterocycles. The van der Waals surface area contributed by atoms with Crippen LogP contribution in [0, 0.1) is 0 Å². The molecular weight excluding hydrogens is 264 g/mol. The summed E-state index contributed by atoms with van der Waals surface area (Å²) in [5.41, 5.74) is 11.7. The van der Waals surface area contributed by atoms with Crippen molar-refractivity contribution < 1.29 is 9.53 Å². The van der Waals surface area contributed by atoms with E-state index in [1.807, 2.05) is 0 Å². The van der Waals surface area contributed by atoms with E-state index < -0.39 is 6.09 Å². The summed E-state index contributed by atoms with van der Waals surface area (Å²) in [6, 6.07) is 0. The minimum absolute atomic E-state index is 0.184. The Morgan fingerprint density at radius 1 is 1.60 bits per heavy atom. The molecule has 1 aromatic rings. The zero-order valence-corrected chi connectivity index (χ0v) is 9.45. The minimum Gasteiger partial charge on any atom is -0.448 e. The molecule has 7 heteroatoms. The SMILES string of the molecule is NC(=O)OCCNc1c(N)cncc1Br. The fraction of sp³-hybridized carbons (Fsp3) is 0.250. The van der Waals surface area contributed by atoms with Crippen LogP contribution >= 0.6 is 15.9 Å². The maximum absolute atomic E-state index is 10.3. The van der Waals surface area contributed by atoms with Gasteiger partial charge in [-0.15, -0.1) is 0 Å². The molecule has 0 aliphatic heterocycles. The number of ether oxygens (including phenoxy) is 1. The van der Waals surface area contributed by atoms with Crippen LogP contribution in [0.1, 0.15) is 0 Å². The van der Waals surface area contributed by atoms with E-state index in [4.69, 9.17) is 11.5 Å². The number of carbonyl (C=O) groups is 1. The number of anilines is 2. The highest BCUT2D eigenvalue weighted by Gasteiger charge is 2.03. The number of aromatic nitrogens is 1. The number of amides is 1. The normalized spacial score (nSPS) is 9.67. The largest absolute Gasteiger partial charge is 0.448 e. The number of pyridine rings is 1. The Kier molecular flexibility index (Phi) is 4.17. The molecule has 0 fully saturated rings. The average molecular weight is 275 g/mol. The van der Waals surface area contributed by atoms with Gasteiger partial charge in [-0.2, -0.15) is 0 Å². The second kappa shape index (κ2) is 5.40. The van der Waals surface area contributed by atoms with Gasteiger partial charge in [-0.25, -0.2) is 4.79 Å². The van der Waals surface area contributed by atoms with Gasteiger partial charge in [-0.05, 0) is 15.9 Å². The molecule has 82 valence electrons. The molecule has 0 radical (unpaired) electrons. The Morgan fingerprint density at radius 2 is 2.33 bits per heavy atom. The van der Waals surface area contributed by atoms with Crippen molar-refractivity contribution in [2.24, 2.45) is 5.73 Å². The van der Waals surface area contributed by atoms with E-state index in [-0.39, 0.29) is 6.61 Å². The highest BCUT2D eigenvalue weighted by atomic mass is 79.9. The molecule has 0 spiro atoms. The summed E-state index contributed by atoms with van der Waals surface area (Å²) in [4.78, 5) is 14.2. The number of primary amides is 1. The number of halogens is 1. The number of nitrogens with one attached hydrogen (secondary N) is 1. The van der Waals surface area contributed by atoms with Crippen LogP contribution in [0.15, 0.2) is 16.9 Å². The molecule has 6 nitrogen and oxygen atoms in total. The summed E-state index contributed by atoms with van der Waals surface area (Å²) in [5.74, 6) is 0. The molecule has 0 bridgehead atoms. The smallest absolute Gasteiger partial charge is 0.404 e. The van der Waals surface area contributed by atoms with Crippen LogP contribution in [-0.4, -0.2) is 24.2 Å². The molecule has 0 unspecified atom stereocenters. The van der Waals surface area contributed by atoms with Gasteiger partial charge in [0.15, 0.2) is 0 Å². The van der Waals surface area contributed by atoms with Crippen LogP contribution < -0.4 is 16.8 Å². The first-order valence-electron chi connectivity index (χ1n) is 4.16. The lowest BCUT2D eigenvalue weighted by molar-refractivity contribution is 0.161. The Labute approximate surface area is 95.1 Å². The monoisotopic (exact) mass is 274 g/mol. The van der Waals surface area contributed by atoms with E-state index in [9.17, 15) is 4.79 Å². The lowest BCUT2D eigenvalue weighted by atomic mass is 10.3. The molecule has 5 N–H and O–H groups in total. The first kappa shape index (κ1) is 11.6. The predicted molar refractivity (Wildman–Crippen MR) is 60.4 cm³/mol. The Balaban J connectivity index is 2.47. The van der Waals surface area contributed by atoms with Gasteiger partial charge in [-0.3, -0.25) is 4.98 Å². The quantitative estimate of drug-likeness (QED) is 0.709. The van der Waals surface area contributed by atoms with Crippen molar-refractivity contribution in [1.82, 2.24) is 4.98 Å². The van der Waals surface area contributed by atoms with Gasteiger partial charge >= 0.3 is 6.09 Å². The summed E-state index contributed by atoms with van der Waals surface area (Å²) >= 11 is 3.29. The molecule has 0 aromatic carbocycles. The second-order valence-electron chi connectivity index (χ2n) is 2.68. The summed E-state index contributed by atoms with van der Waals surface area (Å²) in [6.45, 7) is 0.610. The van der Waals surface area contributed by atoms with Gasteiger partial charge in [0.1, 0.15) is 6.61 Å². The predicted octanol–water partition coefficient (Wildman–Crippen LogP) is 0.933. The van der Waals surface area contributed by atoms with Crippen LogP contribution in [0.4, 0.5) is 16.2 Å². The third kappa shape index (κ3) is 3.62. The van der Waals surface area contributed by atoms with Gasteiger partial charge in [0, 0.05) is 12.7 Å². The number of nitrogen functional groups attached to an aromatic ring is 1. The summed E-state index contributed by atoms with van der Waals surface area (Å²) in [5, 5.41) is 2.99. The zero-order chi connectivity index (χ0) is 11.3. The maximum Gasteiger partial charge on any atom is 0.404 e. The number of nitrogens with zero attached hydrogens (tertiary/aromatic N) is 1. The molecule has 15 heavy (non-hydrogen) atoms. The second-order valence-corrected chi connectivity index (χ2v) is 3.53. The highest BCUT2D eigenvalue weighted by molar-refractivity contribution is 9.10. The van der Waals surface area contributed by atoms with Crippen molar-refractivity contribution in [3.05, 3.63) is 16.9 Å². The summed E-state index contributed by atoms with van der Waals surface area (Å²) in [6.07, 6.45) is 2.36. The number of hydrogen-bond acceptors (Lipinski definition) is 5. The van der Waals surface area contributed by atoms with Gasteiger partial charge in [-0.1, -0.05) is 0 Å². The van der Waals surface area contributed by atoms with Crippen LogP contribution in [0.5, 0.6) is 0 Å². The first-order chi connectivity index (χ1) is 7.11. The van der Waals surface area contributed by atoms with E-state index in [1.54, 1.807) is 6.20 Å². The lowest BCUT2D eigenvalue weighted by Crippen LogP contribution is -2.18. The third-order valence-corrected chi connectivity index (χ3v) is 2.18. The maximum atomic E-state index is 10.3. The molecule has 0 atom stereocenters. The molecule has 0 saturated heterocycles. The Hall–Kier alpha value is -1.50. The molecule has 0 aliphatic rings. The van der Waals surface area contributed by atoms with Crippen molar-refractivity contribution in [1.29, 1.82) is 0 Å². The number of carbonyl (C=O) groups excluding carboxylic acids is 1. The molecule has 1 aromatic heterocycles. The van der Waals surface area contributed by atoms with Crippen LogP contribution in [0.25, 0.3) is 0 Å². The van der Waals surface area contributed by atoms with Crippen molar-refractivity contribution in [2.75, 3.05) is 24.2 Å². The van der Waals surface area contributed by atoms with Crippen LogP contribution in [-0.2, 0) is 4.74 Å². The first-order valence-corrected chi connectivity index (χ1v) is 4.95. The molecule has 0 saturated carbocycles. The van der Waals surface area contributed by atoms with Gasteiger partial charge in [0.2, 0.25) is 0 Å². The molecule has 1 rings (SSSR count). The van der Waals surface area contributed by atoms with Gasteiger partial charge in [0.05, 0.1) is 22.0 Å². The zero-order valence-electron chi connectivity index (χ0n) is 7.87. The Morgan fingerprint density at radius 3 is 2.93 bits per heavy atom. The van der Waals surface area contributed by atoms with Crippen LogP contribution in [0.2, 0.25) is 0 Å². The summed E-state index contributed by atoms with van der Waals surface area (Å²) in [7, 11) is 0. The molecule has 1 amide bonds. The van der Waals surface area contributed by atoms with E-state index in [0.29, 0.717) is 12.2 Å². The molecule has 0 aliphatic carbocycles. The van der Waals surface area contributed by atoms with Crippen molar-refractivity contribution in [3.8, 4) is 0 Å². The molecular formula is C8H11BrN4O2. The minimum atomic E-state index is -0.793. The van der Waals surface area contributed by atoms with E-state index in [1.165, 1.54) is 6.20 Å².